The highest BCUT2D eigenvalue weighted by atomic mass is 16.1. The number of carbonyl (C=O) groups excluding carboxylic acids is 1. The van der Waals surface area contributed by atoms with E-state index in [-0.39, 0.29) is 11.9 Å². The first-order valence-electron chi connectivity index (χ1n) is 6.21. The van der Waals surface area contributed by atoms with Crippen molar-refractivity contribution in [3.05, 3.63) is 17.0 Å². The second kappa shape index (κ2) is 5.31. The average molecular weight is 236 g/mol. The topological polar surface area (TPSA) is 69.8 Å². The van der Waals surface area contributed by atoms with Crippen molar-refractivity contribution in [2.75, 3.05) is 13.1 Å². The van der Waals surface area contributed by atoms with Crippen LogP contribution in [0.25, 0.3) is 0 Å². The predicted octanol–water partition coefficient (Wildman–Crippen LogP) is 0.898. The standard InChI is InChI=1S/C12H20N4O/c1-8-11(9(2)16-15-8)12(17)14-10-5-3-4-6-13-7-10/h10,13H,3-7H2,1-2H3,(H,14,17)(H,15,16). The fourth-order valence-electron chi connectivity index (χ4n) is 2.29. The summed E-state index contributed by atoms with van der Waals surface area (Å²) in [6.45, 7) is 5.64. The second-order valence-corrected chi connectivity index (χ2v) is 4.68. The normalized spacial score (nSPS) is 20.9. The summed E-state index contributed by atoms with van der Waals surface area (Å²) in [6.07, 6.45) is 3.41. The van der Waals surface area contributed by atoms with Gasteiger partial charge in [-0.2, -0.15) is 5.10 Å². The van der Waals surface area contributed by atoms with E-state index in [1.54, 1.807) is 0 Å². The third-order valence-electron chi connectivity index (χ3n) is 3.24. The lowest BCUT2D eigenvalue weighted by atomic mass is 10.1. The van der Waals surface area contributed by atoms with E-state index in [0.29, 0.717) is 5.56 Å². The molecule has 1 fully saturated rings. The van der Waals surface area contributed by atoms with E-state index in [9.17, 15) is 4.79 Å². The molecule has 5 nitrogen and oxygen atoms in total. The first kappa shape index (κ1) is 12.1. The zero-order valence-electron chi connectivity index (χ0n) is 10.5. The van der Waals surface area contributed by atoms with Crippen molar-refractivity contribution in [2.24, 2.45) is 0 Å². The summed E-state index contributed by atoms with van der Waals surface area (Å²) >= 11 is 0. The Morgan fingerprint density at radius 3 is 2.94 bits per heavy atom. The van der Waals surface area contributed by atoms with Crippen LogP contribution in [0.1, 0.15) is 41.0 Å². The Balaban J connectivity index is 2.01. The van der Waals surface area contributed by atoms with Crippen LogP contribution < -0.4 is 10.6 Å². The number of H-pyrrole nitrogens is 1. The van der Waals surface area contributed by atoms with Gasteiger partial charge < -0.3 is 10.6 Å². The van der Waals surface area contributed by atoms with Crippen LogP contribution in [0.2, 0.25) is 0 Å². The molecule has 1 saturated heterocycles. The number of nitrogens with one attached hydrogen (secondary N) is 3. The molecule has 1 aliphatic rings. The van der Waals surface area contributed by atoms with Gasteiger partial charge in [0.15, 0.2) is 0 Å². The summed E-state index contributed by atoms with van der Waals surface area (Å²) in [6, 6.07) is 0.235. The van der Waals surface area contributed by atoms with E-state index in [0.717, 1.165) is 30.9 Å². The minimum atomic E-state index is -0.0116. The molecule has 0 spiro atoms. The maximum absolute atomic E-state index is 12.1. The fraction of sp³-hybridized carbons (Fsp3) is 0.667. The SMILES string of the molecule is Cc1n[nH]c(C)c1C(=O)NC1CCCCNC1. The molecule has 1 aromatic heterocycles. The summed E-state index contributed by atoms with van der Waals surface area (Å²) in [5.74, 6) is -0.0116. The number of carbonyl (C=O) groups is 1. The smallest absolute Gasteiger partial charge is 0.255 e. The van der Waals surface area contributed by atoms with Gasteiger partial charge in [-0.15, -0.1) is 0 Å². The van der Waals surface area contributed by atoms with Crippen LogP contribution in [-0.2, 0) is 0 Å². The van der Waals surface area contributed by atoms with Gasteiger partial charge in [-0.1, -0.05) is 6.42 Å². The molecule has 94 valence electrons. The highest BCUT2D eigenvalue weighted by molar-refractivity contribution is 5.96. The molecule has 2 rings (SSSR count). The number of hydrogen-bond donors (Lipinski definition) is 3. The lowest BCUT2D eigenvalue weighted by Crippen LogP contribution is -2.41. The summed E-state index contributed by atoms with van der Waals surface area (Å²) in [4.78, 5) is 12.1. The lowest BCUT2D eigenvalue weighted by molar-refractivity contribution is 0.0934. The Hall–Kier alpha value is -1.36. The van der Waals surface area contributed by atoms with Gasteiger partial charge in [-0.05, 0) is 33.2 Å². The molecule has 0 radical (unpaired) electrons. The summed E-state index contributed by atoms with van der Waals surface area (Å²) < 4.78 is 0. The molecule has 3 N–H and O–H groups in total. The first-order valence-corrected chi connectivity index (χ1v) is 6.21. The molecule has 1 amide bonds. The molecule has 0 saturated carbocycles. The van der Waals surface area contributed by atoms with Gasteiger partial charge in [0.05, 0.1) is 11.3 Å². The highest BCUT2D eigenvalue weighted by Gasteiger charge is 2.19. The van der Waals surface area contributed by atoms with Gasteiger partial charge in [0.25, 0.3) is 5.91 Å². The Bertz CT molecular complexity index is 372. The summed E-state index contributed by atoms with van der Waals surface area (Å²) in [5, 5.41) is 13.3. The quantitative estimate of drug-likeness (QED) is 0.714. The van der Waals surface area contributed by atoms with Crippen LogP contribution in [0.5, 0.6) is 0 Å². The molecule has 1 atom stereocenters. The van der Waals surface area contributed by atoms with Gasteiger partial charge in [0, 0.05) is 18.3 Å². The zero-order valence-corrected chi connectivity index (χ0v) is 10.5. The molecular weight excluding hydrogens is 216 g/mol. The number of aryl methyl sites for hydroxylation is 2. The van der Waals surface area contributed by atoms with Gasteiger partial charge in [0.2, 0.25) is 0 Å². The van der Waals surface area contributed by atoms with Gasteiger partial charge in [-0.25, -0.2) is 0 Å². The van der Waals surface area contributed by atoms with Gasteiger partial charge in [0.1, 0.15) is 0 Å². The highest BCUT2D eigenvalue weighted by Crippen LogP contribution is 2.11. The fourth-order valence-corrected chi connectivity index (χ4v) is 2.29. The number of amides is 1. The minimum absolute atomic E-state index is 0.0116. The van der Waals surface area contributed by atoms with Crippen molar-refractivity contribution >= 4 is 5.91 Å². The van der Waals surface area contributed by atoms with Crippen molar-refractivity contribution in [1.82, 2.24) is 20.8 Å². The molecule has 1 unspecified atom stereocenters. The second-order valence-electron chi connectivity index (χ2n) is 4.68. The molecule has 2 heterocycles. The van der Waals surface area contributed by atoms with Crippen molar-refractivity contribution in [1.29, 1.82) is 0 Å². The Kier molecular flexibility index (Phi) is 3.78. The van der Waals surface area contributed by atoms with Crippen LogP contribution in [0.3, 0.4) is 0 Å². The van der Waals surface area contributed by atoms with E-state index >= 15 is 0 Å². The van der Waals surface area contributed by atoms with Crippen molar-refractivity contribution in [3.63, 3.8) is 0 Å². The van der Waals surface area contributed by atoms with Gasteiger partial charge in [-0.3, -0.25) is 9.89 Å². The lowest BCUT2D eigenvalue weighted by Gasteiger charge is -2.16. The van der Waals surface area contributed by atoms with Crippen molar-refractivity contribution in [2.45, 2.75) is 39.2 Å². The molecule has 17 heavy (non-hydrogen) atoms. The predicted molar refractivity (Wildman–Crippen MR) is 66.0 cm³/mol. The summed E-state index contributed by atoms with van der Waals surface area (Å²) in [5.41, 5.74) is 2.29. The molecule has 1 aromatic rings. The van der Waals surface area contributed by atoms with Crippen LogP contribution in [0.4, 0.5) is 0 Å². The monoisotopic (exact) mass is 236 g/mol. The van der Waals surface area contributed by atoms with E-state index in [1.165, 1.54) is 12.8 Å². The number of nitrogens with zero attached hydrogens (tertiary/aromatic N) is 1. The van der Waals surface area contributed by atoms with E-state index in [1.807, 2.05) is 13.8 Å². The molecule has 0 aliphatic carbocycles. The van der Waals surface area contributed by atoms with Crippen molar-refractivity contribution in [3.8, 4) is 0 Å². The third-order valence-corrected chi connectivity index (χ3v) is 3.24. The number of rotatable bonds is 2. The number of aromatic nitrogens is 2. The van der Waals surface area contributed by atoms with Crippen LogP contribution >= 0.6 is 0 Å². The Morgan fingerprint density at radius 1 is 1.41 bits per heavy atom. The molecule has 0 aromatic carbocycles. The average Bonchev–Trinajstić information content (AvgIpc) is 2.53. The zero-order chi connectivity index (χ0) is 12.3. The van der Waals surface area contributed by atoms with E-state index in [4.69, 9.17) is 0 Å². The van der Waals surface area contributed by atoms with E-state index in [2.05, 4.69) is 20.8 Å². The molecular formula is C12H20N4O. The maximum Gasteiger partial charge on any atom is 0.255 e. The number of aromatic amines is 1. The molecule has 0 bridgehead atoms. The maximum atomic E-state index is 12.1. The minimum Gasteiger partial charge on any atom is -0.348 e. The third kappa shape index (κ3) is 2.85. The first-order chi connectivity index (χ1) is 8.18. The Labute approximate surface area is 101 Å². The summed E-state index contributed by atoms with van der Waals surface area (Å²) in [7, 11) is 0. The Morgan fingerprint density at radius 2 is 2.24 bits per heavy atom. The number of hydrogen-bond acceptors (Lipinski definition) is 3. The van der Waals surface area contributed by atoms with Crippen LogP contribution in [0, 0.1) is 13.8 Å². The molecule has 1 aliphatic heterocycles. The van der Waals surface area contributed by atoms with Crippen LogP contribution in [0.15, 0.2) is 0 Å². The van der Waals surface area contributed by atoms with E-state index < -0.39 is 0 Å². The van der Waals surface area contributed by atoms with Gasteiger partial charge >= 0.3 is 0 Å². The molecule has 5 heteroatoms. The largest absolute Gasteiger partial charge is 0.348 e. The van der Waals surface area contributed by atoms with Crippen molar-refractivity contribution < 1.29 is 4.79 Å². The van der Waals surface area contributed by atoms with Crippen LogP contribution in [-0.4, -0.2) is 35.2 Å².